The minimum atomic E-state index is -3.57. The fourth-order valence-electron chi connectivity index (χ4n) is 0.989. The first-order chi connectivity index (χ1) is 7.85. The number of rotatable bonds is 5. The van der Waals surface area contributed by atoms with Crippen molar-refractivity contribution in [1.29, 1.82) is 0 Å². The van der Waals surface area contributed by atoms with E-state index >= 15 is 0 Å². The van der Waals surface area contributed by atoms with E-state index in [1.165, 1.54) is 5.38 Å². The second kappa shape index (κ2) is 5.23. The molecular formula is C8H10N2O5S2. The Morgan fingerprint density at radius 3 is 2.71 bits per heavy atom. The maximum atomic E-state index is 11.3. The Hall–Kier alpha value is -1.48. The van der Waals surface area contributed by atoms with Crippen molar-refractivity contribution in [1.82, 2.24) is 4.98 Å². The summed E-state index contributed by atoms with van der Waals surface area (Å²) >= 11 is 0.862. The molecule has 0 aromatic carbocycles. The molecule has 1 aromatic heterocycles. The zero-order valence-corrected chi connectivity index (χ0v) is 10.5. The SMILES string of the molecule is CCCS(=O)(=O)N=c1[nH]c(C(=O)C(=O)O)cs1. The molecule has 0 unspecified atom stereocenters. The lowest BCUT2D eigenvalue weighted by Crippen LogP contribution is -2.15. The van der Waals surface area contributed by atoms with Crippen LogP contribution >= 0.6 is 11.3 Å². The fraction of sp³-hybridized carbons (Fsp3) is 0.375. The van der Waals surface area contributed by atoms with Crippen molar-refractivity contribution in [3.8, 4) is 0 Å². The molecular weight excluding hydrogens is 268 g/mol. The lowest BCUT2D eigenvalue weighted by molar-refractivity contribution is -0.131. The number of carboxylic acids is 1. The largest absolute Gasteiger partial charge is 0.475 e. The molecule has 0 atom stereocenters. The van der Waals surface area contributed by atoms with Crippen LogP contribution < -0.4 is 4.80 Å². The summed E-state index contributed by atoms with van der Waals surface area (Å²) in [4.78, 5) is 23.8. The molecule has 0 radical (unpaired) electrons. The van der Waals surface area contributed by atoms with Crippen molar-refractivity contribution in [2.45, 2.75) is 13.3 Å². The number of aliphatic carboxylic acids is 1. The van der Waals surface area contributed by atoms with Crippen molar-refractivity contribution >= 4 is 33.1 Å². The molecule has 1 aromatic rings. The maximum Gasteiger partial charge on any atom is 0.378 e. The van der Waals surface area contributed by atoms with Gasteiger partial charge in [-0.15, -0.1) is 15.7 Å². The first-order valence-electron chi connectivity index (χ1n) is 4.60. The van der Waals surface area contributed by atoms with Crippen molar-refractivity contribution in [3.05, 3.63) is 15.9 Å². The lowest BCUT2D eigenvalue weighted by Gasteiger charge is -1.91. The minimum absolute atomic E-state index is 0.0111. The maximum absolute atomic E-state index is 11.3. The zero-order valence-electron chi connectivity index (χ0n) is 8.84. The molecule has 0 saturated carbocycles. The molecule has 0 aliphatic carbocycles. The van der Waals surface area contributed by atoms with Crippen molar-refractivity contribution < 1.29 is 23.1 Å². The number of aromatic nitrogens is 1. The van der Waals surface area contributed by atoms with Crippen molar-refractivity contribution in [3.63, 3.8) is 0 Å². The normalized spacial score (nSPS) is 12.6. The van der Waals surface area contributed by atoms with Gasteiger partial charge in [-0.2, -0.15) is 0 Å². The summed E-state index contributed by atoms with van der Waals surface area (Å²) in [6.45, 7) is 1.70. The van der Waals surface area contributed by atoms with E-state index in [-0.39, 0.29) is 16.2 Å². The summed E-state index contributed by atoms with van der Waals surface area (Å²) in [6.07, 6.45) is 0.429. The van der Waals surface area contributed by atoms with E-state index in [0.717, 1.165) is 11.3 Å². The number of carbonyl (C=O) groups excluding carboxylic acids is 1. The van der Waals surface area contributed by atoms with Gasteiger partial charge in [0.1, 0.15) is 5.69 Å². The predicted octanol–water partition coefficient (Wildman–Crippen LogP) is -0.0160. The minimum Gasteiger partial charge on any atom is -0.475 e. The molecule has 0 aliphatic heterocycles. The molecule has 1 rings (SSSR count). The van der Waals surface area contributed by atoms with Gasteiger partial charge in [0.2, 0.25) is 0 Å². The zero-order chi connectivity index (χ0) is 13.1. The van der Waals surface area contributed by atoms with Gasteiger partial charge in [0.05, 0.1) is 5.75 Å². The lowest BCUT2D eigenvalue weighted by atomic mass is 10.3. The molecule has 0 amide bonds. The van der Waals surface area contributed by atoms with E-state index in [0.29, 0.717) is 6.42 Å². The highest BCUT2D eigenvalue weighted by atomic mass is 32.2. The number of hydrogen-bond acceptors (Lipinski definition) is 5. The third-order valence-electron chi connectivity index (χ3n) is 1.65. The second-order valence-corrected chi connectivity index (χ2v) is 5.70. The Balaban J connectivity index is 3.08. The van der Waals surface area contributed by atoms with Gasteiger partial charge in [-0.1, -0.05) is 6.92 Å². The van der Waals surface area contributed by atoms with Crippen LogP contribution in [0.25, 0.3) is 0 Å². The summed E-state index contributed by atoms with van der Waals surface area (Å²) in [7, 11) is -3.57. The number of hydrogen-bond donors (Lipinski definition) is 2. The van der Waals surface area contributed by atoms with Crippen LogP contribution in [0.1, 0.15) is 23.8 Å². The van der Waals surface area contributed by atoms with Gasteiger partial charge < -0.3 is 10.1 Å². The van der Waals surface area contributed by atoms with Gasteiger partial charge in [0.15, 0.2) is 4.80 Å². The number of nitrogens with one attached hydrogen (secondary N) is 1. The summed E-state index contributed by atoms with van der Waals surface area (Å²) < 4.78 is 26.1. The highest BCUT2D eigenvalue weighted by Crippen LogP contribution is 2.00. The number of thiazole rings is 1. The number of sulfonamides is 1. The monoisotopic (exact) mass is 278 g/mol. The number of aromatic amines is 1. The summed E-state index contributed by atoms with van der Waals surface area (Å²) in [5.41, 5.74) is -0.187. The van der Waals surface area contributed by atoms with Gasteiger partial charge in [0.25, 0.3) is 15.8 Å². The highest BCUT2D eigenvalue weighted by Gasteiger charge is 2.16. The van der Waals surface area contributed by atoms with Crippen LogP contribution in [0.2, 0.25) is 0 Å². The average Bonchev–Trinajstić information content (AvgIpc) is 2.63. The van der Waals surface area contributed by atoms with Gasteiger partial charge in [-0.3, -0.25) is 4.79 Å². The number of carbonyl (C=O) groups is 2. The number of nitrogens with zero attached hydrogens (tertiary/aromatic N) is 1. The predicted molar refractivity (Wildman–Crippen MR) is 60.3 cm³/mol. The molecule has 0 bridgehead atoms. The quantitative estimate of drug-likeness (QED) is 0.580. The van der Waals surface area contributed by atoms with Crippen LogP contribution in [-0.4, -0.2) is 36.0 Å². The van der Waals surface area contributed by atoms with Gasteiger partial charge >= 0.3 is 5.97 Å². The number of H-pyrrole nitrogens is 1. The van der Waals surface area contributed by atoms with E-state index in [1.54, 1.807) is 6.92 Å². The van der Waals surface area contributed by atoms with Crippen molar-refractivity contribution in [2.75, 3.05) is 5.75 Å². The Kier molecular flexibility index (Phi) is 4.18. The Bertz CT molecular complexity index is 595. The van der Waals surface area contributed by atoms with Crippen molar-refractivity contribution in [2.24, 2.45) is 4.40 Å². The number of Topliss-reactive ketones (excluding diaryl/α,β-unsaturated/α-hetero) is 1. The molecule has 7 nitrogen and oxygen atoms in total. The molecule has 0 aliphatic rings. The van der Waals surface area contributed by atoms with Gasteiger partial charge in [0, 0.05) is 5.38 Å². The Morgan fingerprint density at radius 2 is 2.18 bits per heavy atom. The van der Waals surface area contributed by atoms with E-state index in [4.69, 9.17) is 5.11 Å². The summed E-state index contributed by atoms with van der Waals surface area (Å²) in [5, 5.41) is 9.67. The standard InChI is InChI=1S/C8H10N2O5S2/c1-2-3-17(14,15)10-8-9-5(4-16-8)6(11)7(12)13/h4H,2-3H2,1H3,(H,9,10)(H,12,13). The molecule has 1 heterocycles. The topological polar surface area (TPSA) is 117 Å². The van der Waals surface area contributed by atoms with E-state index in [2.05, 4.69) is 9.38 Å². The molecule has 2 N–H and O–H groups in total. The van der Waals surface area contributed by atoms with Crippen LogP contribution in [0.3, 0.4) is 0 Å². The van der Waals surface area contributed by atoms with E-state index in [1.807, 2.05) is 0 Å². The third kappa shape index (κ3) is 3.79. The highest BCUT2D eigenvalue weighted by molar-refractivity contribution is 7.90. The number of ketones is 1. The molecule has 0 fully saturated rings. The fourth-order valence-corrected chi connectivity index (χ4v) is 2.97. The van der Waals surface area contributed by atoms with E-state index in [9.17, 15) is 18.0 Å². The van der Waals surface area contributed by atoms with E-state index < -0.39 is 21.8 Å². The smallest absolute Gasteiger partial charge is 0.378 e. The Labute approximate surface area is 101 Å². The van der Waals surface area contributed by atoms with Crippen LogP contribution in [0.15, 0.2) is 9.78 Å². The number of carboxylic acid groups (broad SMARTS) is 1. The average molecular weight is 278 g/mol. The summed E-state index contributed by atoms with van der Waals surface area (Å²) in [5.74, 6) is -2.83. The second-order valence-electron chi connectivity index (χ2n) is 3.09. The Morgan fingerprint density at radius 1 is 1.53 bits per heavy atom. The molecule has 0 saturated heterocycles. The molecule has 9 heteroatoms. The van der Waals surface area contributed by atoms with Crippen LogP contribution in [0.5, 0.6) is 0 Å². The van der Waals surface area contributed by atoms with Crippen LogP contribution in [0.4, 0.5) is 0 Å². The molecule has 17 heavy (non-hydrogen) atoms. The van der Waals surface area contributed by atoms with Crippen LogP contribution in [0, 0.1) is 0 Å². The summed E-state index contributed by atoms with van der Waals surface area (Å²) in [6, 6.07) is 0. The molecule has 0 spiro atoms. The first-order valence-corrected chi connectivity index (χ1v) is 7.08. The third-order valence-corrected chi connectivity index (χ3v) is 3.92. The van der Waals surface area contributed by atoms with Gasteiger partial charge in [-0.25, -0.2) is 13.2 Å². The van der Waals surface area contributed by atoms with Gasteiger partial charge in [-0.05, 0) is 6.42 Å². The molecule has 94 valence electrons. The van der Waals surface area contributed by atoms with Crippen LogP contribution in [-0.2, 0) is 14.8 Å². The first kappa shape index (κ1) is 13.6.